The van der Waals surface area contributed by atoms with E-state index in [1.54, 1.807) is 0 Å². The van der Waals surface area contributed by atoms with Gasteiger partial charge in [0.2, 0.25) is 5.95 Å². The highest BCUT2D eigenvalue weighted by molar-refractivity contribution is 5.93. The Morgan fingerprint density at radius 1 is 0.950 bits per heavy atom. The lowest BCUT2D eigenvalue weighted by Gasteiger charge is -2.04. The van der Waals surface area contributed by atoms with E-state index in [0.717, 1.165) is 27.5 Å². The molecule has 2 aromatic carbocycles. The van der Waals surface area contributed by atoms with E-state index < -0.39 is 0 Å². The first kappa shape index (κ1) is 11.0. The second-order valence-electron chi connectivity index (χ2n) is 4.63. The van der Waals surface area contributed by atoms with Crippen molar-refractivity contribution in [2.24, 2.45) is 0 Å². The van der Waals surface area contributed by atoms with Gasteiger partial charge in [0.25, 0.3) is 0 Å². The molecule has 0 saturated carbocycles. The molecule has 0 aliphatic heterocycles. The summed E-state index contributed by atoms with van der Waals surface area (Å²) in [7, 11) is 0. The number of para-hydroxylation sites is 2. The summed E-state index contributed by atoms with van der Waals surface area (Å²) in [5.41, 5.74) is 3.01. The first-order valence-corrected chi connectivity index (χ1v) is 6.45. The van der Waals surface area contributed by atoms with Crippen molar-refractivity contribution in [1.29, 1.82) is 0 Å². The van der Waals surface area contributed by atoms with E-state index in [9.17, 15) is 0 Å². The van der Waals surface area contributed by atoms with Crippen LogP contribution in [-0.4, -0.2) is 15.0 Å². The molecule has 0 bridgehead atoms. The molecule has 4 heteroatoms. The molecule has 2 N–H and O–H groups in total. The molecule has 0 aliphatic carbocycles. The topological polar surface area (TPSA) is 53.6 Å². The fraction of sp³-hybridized carbons (Fsp3) is 0. The van der Waals surface area contributed by atoms with Crippen molar-refractivity contribution >= 4 is 33.4 Å². The van der Waals surface area contributed by atoms with E-state index in [-0.39, 0.29) is 0 Å². The largest absolute Gasteiger partial charge is 0.359 e. The quantitative estimate of drug-likeness (QED) is 0.575. The van der Waals surface area contributed by atoms with Gasteiger partial charge < -0.3 is 10.3 Å². The summed E-state index contributed by atoms with van der Waals surface area (Å²) >= 11 is 0. The molecule has 20 heavy (non-hydrogen) atoms. The third-order valence-electron chi connectivity index (χ3n) is 3.32. The van der Waals surface area contributed by atoms with Gasteiger partial charge >= 0.3 is 0 Å². The summed E-state index contributed by atoms with van der Waals surface area (Å²) in [4.78, 5) is 12.1. The second kappa shape index (κ2) is 4.35. The van der Waals surface area contributed by atoms with Gasteiger partial charge in [-0.25, -0.2) is 9.97 Å². The van der Waals surface area contributed by atoms with Crippen LogP contribution in [0, 0.1) is 0 Å². The lowest BCUT2D eigenvalue weighted by molar-refractivity contribution is 1.21. The van der Waals surface area contributed by atoms with Crippen LogP contribution in [0.25, 0.3) is 21.8 Å². The van der Waals surface area contributed by atoms with E-state index in [4.69, 9.17) is 0 Å². The van der Waals surface area contributed by atoms with Crippen molar-refractivity contribution in [2.75, 3.05) is 5.32 Å². The summed E-state index contributed by atoms with van der Waals surface area (Å²) in [6.45, 7) is 0. The Bertz CT molecular complexity index is 895. The molecule has 0 atom stereocenters. The Morgan fingerprint density at radius 2 is 1.80 bits per heavy atom. The maximum Gasteiger partial charge on any atom is 0.227 e. The molecule has 0 aliphatic rings. The Balaban J connectivity index is 1.76. The van der Waals surface area contributed by atoms with Crippen LogP contribution in [0.1, 0.15) is 0 Å². The van der Waals surface area contributed by atoms with Gasteiger partial charge in [0.15, 0.2) is 0 Å². The molecule has 4 aromatic rings. The third kappa shape index (κ3) is 1.78. The van der Waals surface area contributed by atoms with E-state index in [1.807, 2.05) is 54.9 Å². The van der Waals surface area contributed by atoms with Gasteiger partial charge in [-0.05, 0) is 12.1 Å². The van der Waals surface area contributed by atoms with E-state index in [2.05, 4.69) is 26.3 Å². The minimum atomic E-state index is 0.605. The molecule has 0 unspecified atom stereocenters. The number of nitrogens with zero attached hydrogens (tertiary/aromatic N) is 2. The van der Waals surface area contributed by atoms with Gasteiger partial charge in [0.1, 0.15) is 0 Å². The molecule has 4 rings (SSSR count). The monoisotopic (exact) mass is 260 g/mol. The summed E-state index contributed by atoms with van der Waals surface area (Å²) < 4.78 is 0. The van der Waals surface area contributed by atoms with E-state index >= 15 is 0 Å². The number of H-pyrrole nitrogens is 1. The van der Waals surface area contributed by atoms with Crippen LogP contribution in [0.2, 0.25) is 0 Å². The number of hydrogen-bond acceptors (Lipinski definition) is 3. The Kier molecular flexibility index (Phi) is 2.39. The molecule has 0 radical (unpaired) electrons. The Hall–Kier alpha value is -2.88. The fourth-order valence-electron chi connectivity index (χ4n) is 2.33. The molecule has 96 valence electrons. The van der Waals surface area contributed by atoms with E-state index in [0.29, 0.717) is 5.95 Å². The number of hydrogen-bond donors (Lipinski definition) is 2. The molecular formula is C16H12N4. The van der Waals surface area contributed by atoms with Crippen molar-refractivity contribution in [3.63, 3.8) is 0 Å². The highest BCUT2D eigenvalue weighted by atomic mass is 15.1. The third-order valence-corrected chi connectivity index (χ3v) is 3.32. The standard InChI is InChI=1S/C16H12N4/c1-3-7-13-11(5-1)9-18-16(19-13)20-15-10-17-14-8-4-2-6-12(14)15/h1-10,17H,(H,18,19,20). The van der Waals surface area contributed by atoms with Crippen molar-refractivity contribution in [3.8, 4) is 0 Å². The van der Waals surface area contributed by atoms with Gasteiger partial charge in [-0.15, -0.1) is 0 Å². The second-order valence-corrected chi connectivity index (χ2v) is 4.63. The van der Waals surface area contributed by atoms with Gasteiger partial charge in [0.05, 0.1) is 11.2 Å². The number of benzene rings is 2. The first-order valence-electron chi connectivity index (χ1n) is 6.45. The number of anilines is 2. The normalized spacial score (nSPS) is 11.0. The number of fused-ring (bicyclic) bond motifs is 2. The molecule has 4 nitrogen and oxygen atoms in total. The summed E-state index contributed by atoms with van der Waals surface area (Å²) in [6.07, 6.45) is 3.77. The fourth-order valence-corrected chi connectivity index (χ4v) is 2.33. The average Bonchev–Trinajstić information content (AvgIpc) is 2.91. The summed E-state index contributed by atoms with van der Waals surface area (Å²) in [6, 6.07) is 16.1. The minimum Gasteiger partial charge on any atom is -0.359 e. The zero-order chi connectivity index (χ0) is 13.4. The number of nitrogens with one attached hydrogen (secondary N) is 2. The highest BCUT2D eigenvalue weighted by Gasteiger charge is 2.05. The highest BCUT2D eigenvalue weighted by Crippen LogP contribution is 2.25. The van der Waals surface area contributed by atoms with Crippen LogP contribution < -0.4 is 5.32 Å². The SMILES string of the molecule is c1ccc2nc(Nc3c[nH]c4ccccc34)ncc2c1. The van der Waals surface area contributed by atoms with Crippen LogP contribution in [0.5, 0.6) is 0 Å². The zero-order valence-corrected chi connectivity index (χ0v) is 10.7. The maximum atomic E-state index is 4.52. The molecule has 0 fully saturated rings. The number of aromatic amines is 1. The molecule has 2 heterocycles. The maximum absolute atomic E-state index is 4.52. The van der Waals surface area contributed by atoms with Crippen LogP contribution in [0.15, 0.2) is 60.9 Å². The van der Waals surface area contributed by atoms with Gasteiger partial charge in [0, 0.05) is 28.7 Å². The van der Waals surface area contributed by atoms with Crippen LogP contribution in [0.4, 0.5) is 11.6 Å². The Morgan fingerprint density at radius 3 is 2.80 bits per heavy atom. The molecule has 0 spiro atoms. The van der Waals surface area contributed by atoms with E-state index in [1.165, 1.54) is 0 Å². The van der Waals surface area contributed by atoms with Crippen LogP contribution >= 0.6 is 0 Å². The first-order chi connectivity index (χ1) is 9.90. The van der Waals surface area contributed by atoms with Crippen molar-refractivity contribution in [1.82, 2.24) is 15.0 Å². The molecular weight excluding hydrogens is 248 g/mol. The van der Waals surface area contributed by atoms with Crippen molar-refractivity contribution in [3.05, 3.63) is 60.9 Å². The summed E-state index contributed by atoms with van der Waals surface area (Å²) in [5, 5.41) is 5.43. The van der Waals surface area contributed by atoms with Crippen LogP contribution in [-0.2, 0) is 0 Å². The predicted octanol–water partition coefficient (Wildman–Crippen LogP) is 3.85. The average molecular weight is 260 g/mol. The molecule has 0 amide bonds. The van der Waals surface area contributed by atoms with Crippen LogP contribution in [0.3, 0.4) is 0 Å². The summed E-state index contributed by atoms with van der Waals surface area (Å²) in [5.74, 6) is 0.605. The lowest BCUT2D eigenvalue weighted by Crippen LogP contribution is -1.96. The Labute approximate surface area is 115 Å². The van der Waals surface area contributed by atoms with Crippen molar-refractivity contribution in [2.45, 2.75) is 0 Å². The minimum absolute atomic E-state index is 0.605. The predicted molar refractivity (Wildman–Crippen MR) is 81.1 cm³/mol. The number of rotatable bonds is 2. The van der Waals surface area contributed by atoms with Gasteiger partial charge in [-0.2, -0.15) is 0 Å². The molecule has 0 saturated heterocycles. The lowest BCUT2D eigenvalue weighted by atomic mass is 10.2. The number of aromatic nitrogens is 3. The smallest absolute Gasteiger partial charge is 0.227 e. The zero-order valence-electron chi connectivity index (χ0n) is 10.7. The van der Waals surface area contributed by atoms with Gasteiger partial charge in [-0.1, -0.05) is 36.4 Å². The van der Waals surface area contributed by atoms with Gasteiger partial charge in [-0.3, -0.25) is 0 Å². The molecule has 2 aromatic heterocycles. The van der Waals surface area contributed by atoms with Crippen molar-refractivity contribution < 1.29 is 0 Å².